The maximum absolute atomic E-state index is 13.4. The Balaban J connectivity index is 1.61. The zero-order valence-corrected chi connectivity index (χ0v) is 19.9. The van der Waals surface area contributed by atoms with Gasteiger partial charge in [-0.1, -0.05) is 63.2 Å². The van der Waals surface area contributed by atoms with Crippen molar-refractivity contribution in [2.75, 3.05) is 13.7 Å². The average molecular weight is 448 g/mol. The highest BCUT2D eigenvalue weighted by Gasteiger charge is 2.33. The van der Waals surface area contributed by atoms with Gasteiger partial charge in [0.15, 0.2) is 0 Å². The van der Waals surface area contributed by atoms with Gasteiger partial charge in [0.25, 0.3) is 5.91 Å². The van der Waals surface area contributed by atoms with Gasteiger partial charge < -0.3 is 14.8 Å². The number of nitrogens with zero attached hydrogens (tertiary/aromatic N) is 2. The molecule has 0 unspecified atom stereocenters. The van der Waals surface area contributed by atoms with E-state index in [0.717, 1.165) is 29.7 Å². The summed E-state index contributed by atoms with van der Waals surface area (Å²) in [5.41, 5.74) is 3.24. The highest BCUT2D eigenvalue weighted by Crippen LogP contribution is 2.30. The summed E-state index contributed by atoms with van der Waals surface area (Å²) in [4.78, 5) is 13.4. The Kier molecular flexibility index (Phi) is 6.84. The van der Waals surface area contributed by atoms with Crippen LogP contribution in [0.1, 0.15) is 49.5 Å². The Morgan fingerprint density at radius 1 is 1.18 bits per heavy atom. The lowest BCUT2D eigenvalue weighted by atomic mass is 9.83. The molecule has 0 aliphatic carbocycles. The number of carbonyl (C=O) groups excluding carboxylic acids is 1. The molecule has 2 atom stereocenters. The quantitative estimate of drug-likeness (QED) is 0.582. The molecule has 1 aliphatic rings. The van der Waals surface area contributed by atoms with Crippen molar-refractivity contribution in [2.24, 2.45) is 5.41 Å². The van der Waals surface area contributed by atoms with E-state index in [2.05, 4.69) is 38.2 Å². The van der Waals surface area contributed by atoms with Gasteiger partial charge in [0.1, 0.15) is 11.4 Å². The maximum atomic E-state index is 13.4. The smallest absolute Gasteiger partial charge is 0.255 e. The van der Waals surface area contributed by atoms with E-state index in [-0.39, 0.29) is 23.5 Å². The van der Waals surface area contributed by atoms with E-state index in [0.29, 0.717) is 24.4 Å². The summed E-state index contributed by atoms with van der Waals surface area (Å²) in [6, 6.07) is 17.9. The fourth-order valence-corrected chi connectivity index (χ4v) is 4.22. The molecular formula is C27H33N3O3. The summed E-state index contributed by atoms with van der Waals surface area (Å²) in [5.74, 6) is 0.626. The van der Waals surface area contributed by atoms with Gasteiger partial charge in [-0.05, 0) is 36.0 Å². The molecule has 0 bridgehead atoms. The second-order valence-corrected chi connectivity index (χ2v) is 9.73. The van der Waals surface area contributed by atoms with Crippen LogP contribution in [0, 0.1) is 5.41 Å². The van der Waals surface area contributed by atoms with Crippen LogP contribution < -0.4 is 10.1 Å². The number of carbonyl (C=O) groups is 1. The van der Waals surface area contributed by atoms with E-state index in [4.69, 9.17) is 14.6 Å². The molecule has 1 aromatic heterocycles. The molecule has 1 aliphatic heterocycles. The molecule has 2 heterocycles. The lowest BCUT2D eigenvalue weighted by molar-refractivity contribution is -0.0569. The van der Waals surface area contributed by atoms with Crippen LogP contribution in [0.4, 0.5) is 0 Å². The lowest BCUT2D eigenvalue weighted by Gasteiger charge is -2.37. The van der Waals surface area contributed by atoms with E-state index in [1.54, 1.807) is 7.11 Å². The normalized spacial score (nSPS) is 18.7. The summed E-state index contributed by atoms with van der Waals surface area (Å²) in [5, 5.41) is 8.04. The zero-order valence-electron chi connectivity index (χ0n) is 19.9. The van der Waals surface area contributed by atoms with Crippen molar-refractivity contribution in [1.82, 2.24) is 15.1 Å². The Morgan fingerprint density at radius 2 is 1.97 bits per heavy atom. The van der Waals surface area contributed by atoms with Gasteiger partial charge in [-0.2, -0.15) is 5.10 Å². The molecule has 0 saturated carbocycles. The van der Waals surface area contributed by atoms with E-state index in [1.165, 1.54) is 0 Å². The van der Waals surface area contributed by atoms with Crippen molar-refractivity contribution in [3.8, 4) is 17.0 Å². The number of hydrogen-bond acceptors (Lipinski definition) is 4. The highest BCUT2D eigenvalue weighted by molar-refractivity contribution is 6.00. The van der Waals surface area contributed by atoms with Gasteiger partial charge in [0.2, 0.25) is 0 Å². The Labute approximate surface area is 195 Å². The predicted molar refractivity (Wildman–Crippen MR) is 129 cm³/mol. The maximum Gasteiger partial charge on any atom is 0.255 e. The molecule has 174 valence electrons. The summed E-state index contributed by atoms with van der Waals surface area (Å²) in [7, 11) is 1.64. The Hall–Kier alpha value is -3.12. The number of rotatable bonds is 6. The van der Waals surface area contributed by atoms with Gasteiger partial charge in [-0.25, -0.2) is 0 Å². The highest BCUT2D eigenvalue weighted by atomic mass is 16.5. The molecule has 33 heavy (non-hydrogen) atoms. The van der Waals surface area contributed by atoms with Crippen molar-refractivity contribution in [2.45, 2.75) is 52.3 Å². The average Bonchev–Trinajstić information content (AvgIpc) is 3.23. The molecule has 1 fully saturated rings. The summed E-state index contributed by atoms with van der Waals surface area (Å²) in [6.07, 6.45) is 3.58. The lowest BCUT2D eigenvalue weighted by Crippen LogP contribution is -2.45. The Morgan fingerprint density at radius 3 is 2.70 bits per heavy atom. The van der Waals surface area contributed by atoms with Crippen LogP contribution in [0.25, 0.3) is 11.3 Å². The minimum absolute atomic E-state index is 0.0374. The van der Waals surface area contributed by atoms with Crippen molar-refractivity contribution in [3.05, 3.63) is 71.9 Å². The molecule has 1 amide bonds. The van der Waals surface area contributed by atoms with Crippen molar-refractivity contribution >= 4 is 5.91 Å². The fourth-order valence-electron chi connectivity index (χ4n) is 4.22. The summed E-state index contributed by atoms with van der Waals surface area (Å²) < 4.78 is 13.2. The van der Waals surface area contributed by atoms with Gasteiger partial charge >= 0.3 is 0 Å². The number of benzene rings is 2. The molecular weight excluding hydrogens is 414 g/mol. The molecule has 0 radical (unpaired) electrons. The second-order valence-electron chi connectivity index (χ2n) is 9.73. The molecule has 4 rings (SSSR count). The third-order valence-electron chi connectivity index (χ3n) is 6.12. The van der Waals surface area contributed by atoms with Crippen LogP contribution in [0.3, 0.4) is 0 Å². The number of aromatic nitrogens is 2. The van der Waals surface area contributed by atoms with Crippen LogP contribution in [-0.4, -0.2) is 41.6 Å². The van der Waals surface area contributed by atoms with E-state index in [1.807, 2.05) is 53.3 Å². The van der Waals surface area contributed by atoms with Crippen LogP contribution in [0.15, 0.2) is 60.8 Å². The minimum atomic E-state index is -0.105. The van der Waals surface area contributed by atoms with Gasteiger partial charge in [0.05, 0.1) is 25.3 Å². The molecule has 6 heteroatoms. The summed E-state index contributed by atoms with van der Waals surface area (Å²) in [6.45, 7) is 7.78. The molecule has 2 aromatic carbocycles. The van der Waals surface area contributed by atoms with E-state index < -0.39 is 0 Å². The fraction of sp³-hybridized carbons (Fsp3) is 0.407. The number of ether oxygens (including phenoxy) is 2. The second kappa shape index (κ2) is 9.79. The first kappa shape index (κ1) is 23.1. The third kappa shape index (κ3) is 5.63. The number of nitrogens with one attached hydrogen (secondary N) is 1. The first-order valence-electron chi connectivity index (χ1n) is 11.5. The number of hydrogen-bond donors (Lipinski definition) is 1. The van der Waals surface area contributed by atoms with E-state index >= 15 is 0 Å². The van der Waals surface area contributed by atoms with Crippen molar-refractivity contribution in [3.63, 3.8) is 0 Å². The number of amides is 1. The molecule has 1 N–H and O–H groups in total. The monoisotopic (exact) mass is 447 g/mol. The first-order valence-corrected chi connectivity index (χ1v) is 11.5. The standard InChI is InChI=1S/C27H33N3O3/c1-27(2,3)24-16-21(13-14-33-24)28-26(31)23-18-30(17-19-9-6-5-7-10-19)29-25(23)20-11-8-12-22(15-20)32-4/h5-12,15,18,21,24H,13-14,16-17H2,1-4H3,(H,28,31)/t21-,24+/m0/s1. The topological polar surface area (TPSA) is 65.4 Å². The van der Waals surface area contributed by atoms with E-state index in [9.17, 15) is 4.79 Å². The number of methoxy groups -OCH3 is 1. The molecule has 1 saturated heterocycles. The largest absolute Gasteiger partial charge is 0.497 e. The Bertz CT molecular complexity index is 1090. The third-order valence-corrected chi connectivity index (χ3v) is 6.12. The van der Waals surface area contributed by atoms with Gasteiger partial charge in [-0.3, -0.25) is 9.48 Å². The van der Waals surface area contributed by atoms with Crippen LogP contribution >= 0.6 is 0 Å². The SMILES string of the molecule is COc1cccc(-c2nn(Cc3ccccc3)cc2C(=O)N[C@H]2CCO[C@@H](C(C)(C)C)C2)c1. The molecule has 6 nitrogen and oxygen atoms in total. The van der Waals surface area contributed by atoms with Crippen LogP contribution in [-0.2, 0) is 11.3 Å². The first-order chi connectivity index (χ1) is 15.8. The van der Waals surface area contributed by atoms with Gasteiger partial charge in [-0.15, -0.1) is 0 Å². The summed E-state index contributed by atoms with van der Waals surface area (Å²) >= 11 is 0. The van der Waals surface area contributed by atoms with Crippen LogP contribution in [0.5, 0.6) is 5.75 Å². The van der Waals surface area contributed by atoms with Gasteiger partial charge in [0, 0.05) is 24.4 Å². The minimum Gasteiger partial charge on any atom is -0.497 e. The van der Waals surface area contributed by atoms with Crippen molar-refractivity contribution in [1.29, 1.82) is 0 Å². The predicted octanol–water partition coefficient (Wildman–Crippen LogP) is 4.93. The van der Waals surface area contributed by atoms with Crippen LogP contribution in [0.2, 0.25) is 0 Å². The molecule has 0 spiro atoms. The zero-order chi connectivity index (χ0) is 23.4. The molecule has 3 aromatic rings. The van der Waals surface area contributed by atoms with Crippen molar-refractivity contribution < 1.29 is 14.3 Å².